The number of hydrogen-bond donors (Lipinski definition) is 0. The van der Waals surface area contributed by atoms with Crippen LogP contribution in [0, 0.1) is 6.92 Å². The highest BCUT2D eigenvalue weighted by atomic mass is 15.1. The third-order valence-electron chi connectivity index (χ3n) is 10.00. The molecular weight excluding hydrogens is 496 g/mol. The molecule has 0 bridgehead atoms. The third kappa shape index (κ3) is 4.50. The zero-order valence-electron chi connectivity index (χ0n) is 25.0. The summed E-state index contributed by atoms with van der Waals surface area (Å²) in [5, 5.41) is 0. The Kier molecular flexibility index (Phi) is 7.34. The lowest BCUT2D eigenvalue weighted by Gasteiger charge is -2.48. The van der Waals surface area contributed by atoms with E-state index < -0.39 is 0 Å². The van der Waals surface area contributed by atoms with Crippen LogP contribution in [0.15, 0.2) is 122 Å². The van der Waals surface area contributed by atoms with Crippen molar-refractivity contribution in [2.24, 2.45) is 0 Å². The molecule has 0 spiro atoms. The molecule has 3 aromatic carbocycles. The first-order valence-corrected chi connectivity index (χ1v) is 15.3. The Morgan fingerprint density at radius 3 is 2.12 bits per heavy atom. The van der Waals surface area contributed by atoms with Crippen LogP contribution in [0.3, 0.4) is 0 Å². The summed E-state index contributed by atoms with van der Waals surface area (Å²) in [7, 11) is 0. The van der Waals surface area contributed by atoms with E-state index in [1.165, 1.54) is 44.8 Å². The van der Waals surface area contributed by atoms with Crippen molar-refractivity contribution in [3.05, 3.63) is 133 Å². The van der Waals surface area contributed by atoms with Gasteiger partial charge in [-0.2, -0.15) is 9.13 Å². The van der Waals surface area contributed by atoms with Gasteiger partial charge >= 0.3 is 0 Å². The molecule has 2 atom stereocenters. The highest BCUT2D eigenvalue weighted by Gasteiger charge is 2.58. The Bertz CT molecular complexity index is 1670. The largest absolute Gasteiger partial charge is 0.213 e. The fraction of sp³-hybridized carbons (Fsp3) is 0.282. The van der Waals surface area contributed by atoms with Crippen molar-refractivity contribution in [1.29, 1.82) is 0 Å². The molecule has 1 aliphatic heterocycles. The Hall–Kier alpha value is -4.04. The second-order valence-corrected chi connectivity index (χ2v) is 11.8. The molecule has 0 fully saturated rings. The van der Waals surface area contributed by atoms with Crippen LogP contribution in [-0.2, 0) is 17.5 Å². The molecule has 0 saturated carbocycles. The average molecular weight is 539 g/mol. The van der Waals surface area contributed by atoms with Gasteiger partial charge in [-0.3, -0.25) is 0 Å². The summed E-state index contributed by atoms with van der Waals surface area (Å²) in [6, 6.07) is 40.1. The normalized spacial score (nSPS) is 19.4. The van der Waals surface area contributed by atoms with E-state index in [0.717, 1.165) is 32.2 Å². The smallest absolute Gasteiger partial charge is 0.198 e. The predicted octanol–water partition coefficient (Wildman–Crippen LogP) is 8.84. The lowest BCUT2D eigenvalue weighted by atomic mass is 9.57. The van der Waals surface area contributed by atoms with Crippen LogP contribution in [0.5, 0.6) is 0 Å². The van der Waals surface area contributed by atoms with E-state index in [2.05, 4.69) is 158 Å². The summed E-state index contributed by atoms with van der Waals surface area (Å²) >= 11 is 0. The van der Waals surface area contributed by atoms with Gasteiger partial charge in [0.1, 0.15) is 6.54 Å². The van der Waals surface area contributed by atoms with Crippen LogP contribution in [0.4, 0.5) is 0 Å². The Labute approximate surface area is 246 Å². The van der Waals surface area contributed by atoms with Crippen molar-refractivity contribution in [2.75, 3.05) is 0 Å². The van der Waals surface area contributed by atoms with Gasteiger partial charge in [-0.25, -0.2) is 0 Å². The molecule has 0 saturated heterocycles. The number of fused-ring (bicyclic) bond motifs is 3. The van der Waals surface area contributed by atoms with E-state index in [-0.39, 0.29) is 11.0 Å². The van der Waals surface area contributed by atoms with E-state index >= 15 is 0 Å². The summed E-state index contributed by atoms with van der Waals surface area (Å²) in [5.41, 5.74) is 10.7. The van der Waals surface area contributed by atoms with Crippen LogP contribution in [-0.4, -0.2) is 0 Å². The summed E-state index contributed by atoms with van der Waals surface area (Å²) in [6.07, 6.45) is 9.02. The summed E-state index contributed by atoms with van der Waals surface area (Å²) in [6.45, 7) is 10.5. The summed E-state index contributed by atoms with van der Waals surface area (Å²) in [4.78, 5) is 0. The Balaban J connectivity index is 1.35. The zero-order chi connectivity index (χ0) is 28.5. The maximum Gasteiger partial charge on any atom is 0.213 e. The van der Waals surface area contributed by atoms with Gasteiger partial charge in [-0.05, 0) is 66.3 Å². The van der Waals surface area contributed by atoms with Gasteiger partial charge in [0.2, 0.25) is 11.4 Å². The number of benzene rings is 3. The summed E-state index contributed by atoms with van der Waals surface area (Å²) in [5.74, 6) is 0. The number of pyridine rings is 2. The van der Waals surface area contributed by atoms with Gasteiger partial charge in [0.15, 0.2) is 17.9 Å². The van der Waals surface area contributed by atoms with E-state index in [1.807, 2.05) is 0 Å². The van der Waals surface area contributed by atoms with Crippen LogP contribution < -0.4 is 9.13 Å². The van der Waals surface area contributed by atoms with Crippen molar-refractivity contribution >= 4 is 0 Å². The fourth-order valence-corrected chi connectivity index (χ4v) is 7.57. The third-order valence-corrected chi connectivity index (χ3v) is 10.00. The molecule has 41 heavy (non-hydrogen) atoms. The molecule has 206 valence electrons. The van der Waals surface area contributed by atoms with Crippen molar-refractivity contribution in [1.82, 2.24) is 0 Å². The first kappa shape index (κ1) is 27.1. The molecule has 0 N–H and O–H groups in total. The molecule has 5 aromatic rings. The zero-order valence-corrected chi connectivity index (χ0v) is 25.0. The predicted molar refractivity (Wildman–Crippen MR) is 169 cm³/mol. The van der Waals surface area contributed by atoms with Gasteiger partial charge < -0.3 is 0 Å². The molecule has 2 aromatic heterocycles. The second kappa shape index (κ2) is 11.1. The standard InChI is InChI=1S/C39H42N2/c1-5-38(4)39(6-2,35-20-11-10-19-33(35)37-22-13-15-28-41(37)38)25-16-27-40-26-14-12-21-36(40)34-29-32(24-23-30(34)3)31-17-8-7-9-18-31/h7-15,17-24,26,28-29H,5-6,16,25,27H2,1-4H3/q+2. The lowest BCUT2D eigenvalue weighted by Crippen LogP contribution is -2.68. The number of aromatic nitrogens is 2. The monoisotopic (exact) mass is 538 g/mol. The van der Waals surface area contributed by atoms with Crippen LogP contribution in [0.2, 0.25) is 0 Å². The van der Waals surface area contributed by atoms with E-state index in [4.69, 9.17) is 0 Å². The SMILES string of the molecule is CCC1(CCC[n+]2ccccc2-c2cc(-c3ccccc3)ccc2C)c2ccccc2-c2cccc[n+]2C1(C)CC. The molecule has 0 amide bonds. The topological polar surface area (TPSA) is 7.76 Å². The first-order valence-electron chi connectivity index (χ1n) is 15.3. The van der Waals surface area contributed by atoms with Crippen LogP contribution in [0.25, 0.3) is 33.6 Å². The van der Waals surface area contributed by atoms with Gasteiger partial charge in [0.05, 0.1) is 11.0 Å². The second-order valence-electron chi connectivity index (χ2n) is 11.8. The minimum Gasteiger partial charge on any atom is -0.198 e. The molecule has 6 rings (SSSR count). The maximum atomic E-state index is 2.58. The quantitative estimate of drug-likeness (QED) is 0.174. The maximum absolute atomic E-state index is 2.58. The van der Waals surface area contributed by atoms with E-state index in [9.17, 15) is 0 Å². The van der Waals surface area contributed by atoms with Crippen molar-refractivity contribution in [3.8, 4) is 33.6 Å². The molecule has 1 aliphatic rings. The molecule has 2 heteroatoms. The highest BCUT2D eigenvalue weighted by Crippen LogP contribution is 2.52. The van der Waals surface area contributed by atoms with Crippen molar-refractivity contribution in [3.63, 3.8) is 0 Å². The lowest BCUT2D eigenvalue weighted by molar-refractivity contribution is -0.766. The minimum atomic E-state index is -0.00250. The van der Waals surface area contributed by atoms with Gasteiger partial charge in [0.25, 0.3) is 0 Å². The number of hydrogen-bond acceptors (Lipinski definition) is 0. The van der Waals surface area contributed by atoms with Crippen molar-refractivity contribution < 1.29 is 9.13 Å². The van der Waals surface area contributed by atoms with Crippen LogP contribution >= 0.6 is 0 Å². The van der Waals surface area contributed by atoms with Gasteiger partial charge in [-0.15, -0.1) is 0 Å². The van der Waals surface area contributed by atoms with Gasteiger partial charge in [-0.1, -0.05) is 74.5 Å². The van der Waals surface area contributed by atoms with E-state index in [0.29, 0.717) is 0 Å². The van der Waals surface area contributed by atoms with Crippen LogP contribution in [0.1, 0.15) is 57.6 Å². The molecule has 0 radical (unpaired) electrons. The molecule has 2 unspecified atom stereocenters. The number of rotatable bonds is 8. The Morgan fingerprint density at radius 2 is 1.34 bits per heavy atom. The average Bonchev–Trinajstić information content (AvgIpc) is 3.03. The summed E-state index contributed by atoms with van der Waals surface area (Å²) < 4.78 is 5.05. The number of nitrogens with zero attached hydrogens (tertiary/aromatic N) is 2. The molecular formula is C39H42N2+2. The fourth-order valence-electron chi connectivity index (χ4n) is 7.57. The minimum absolute atomic E-state index is 0.00250. The molecule has 2 nitrogen and oxygen atoms in total. The first-order chi connectivity index (χ1) is 20.0. The molecule has 0 aliphatic carbocycles. The van der Waals surface area contributed by atoms with Crippen molar-refractivity contribution in [2.45, 2.75) is 70.9 Å². The highest BCUT2D eigenvalue weighted by molar-refractivity contribution is 5.72. The Morgan fingerprint density at radius 1 is 0.634 bits per heavy atom. The van der Waals surface area contributed by atoms with E-state index in [1.54, 1.807) is 0 Å². The number of aryl methyl sites for hydroxylation is 2. The van der Waals surface area contributed by atoms with Gasteiger partial charge in [0, 0.05) is 49.6 Å². The molecule has 3 heterocycles.